The molecule has 1 aromatic carbocycles. The third kappa shape index (κ3) is 3.97. The lowest BCUT2D eigenvalue weighted by Gasteiger charge is -2.38. The van der Waals surface area contributed by atoms with Crippen LogP contribution in [0.3, 0.4) is 0 Å². The molecule has 1 fully saturated rings. The Balaban J connectivity index is 2.07. The second-order valence-electron chi connectivity index (χ2n) is 6.32. The van der Waals surface area contributed by atoms with Gasteiger partial charge in [-0.1, -0.05) is 44.2 Å². The Labute approximate surface area is 125 Å². The van der Waals surface area contributed by atoms with Gasteiger partial charge in [0, 0.05) is 13.1 Å². The molecule has 2 amide bonds. The molecule has 0 aliphatic carbocycles. The van der Waals surface area contributed by atoms with E-state index in [0.717, 1.165) is 12.8 Å². The second kappa shape index (κ2) is 6.16. The van der Waals surface area contributed by atoms with Crippen LogP contribution in [-0.4, -0.2) is 35.1 Å². The molecule has 0 unspecified atom stereocenters. The lowest BCUT2D eigenvalue weighted by molar-refractivity contribution is -0.139. The number of benzene rings is 1. The number of carboxylic acids is 1. The minimum absolute atomic E-state index is 0.0844. The monoisotopic (exact) mass is 290 g/mol. The molecule has 1 saturated heterocycles. The Morgan fingerprint density at radius 1 is 1.29 bits per heavy atom. The number of carbonyl (C=O) groups is 2. The molecular weight excluding hydrogens is 268 g/mol. The van der Waals surface area contributed by atoms with Crippen LogP contribution in [0.2, 0.25) is 0 Å². The Hall–Kier alpha value is -2.04. The van der Waals surface area contributed by atoms with Gasteiger partial charge in [0.1, 0.15) is 0 Å². The molecule has 0 aromatic heterocycles. The molecule has 0 saturated carbocycles. The van der Waals surface area contributed by atoms with E-state index in [1.54, 1.807) is 29.2 Å². The molecular formula is C16H22N2O3. The summed E-state index contributed by atoms with van der Waals surface area (Å²) in [7, 11) is 0. The first kappa shape index (κ1) is 15.4. The van der Waals surface area contributed by atoms with Crippen LogP contribution < -0.4 is 5.32 Å². The van der Waals surface area contributed by atoms with Gasteiger partial charge in [0.05, 0.1) is 0 Å². The van der Waals surface area contributed by atoms with Gasteiger partial charge in [-0.2, -0.15) is 0 Å². The molecule has 0 spiro atoms. The lowest BCUT2D eigenvalue weighted by atomic mass is 9.84. The highest BCUT2D eigenvalue weighted by Crippen LogP contribution is 2.28. The summed E-state index contributed by atoms with van der Waals surface area (Å²) in [5, 5.41) is 12.0. The highest BCUT2D eigenvalue weighted by atomic mass is 16.4. The van der Waals surface area contributed by atoms with Crippen LogP contribution in [0.4, 0.5) is 4.79 Å². The Bertz CT molecular complexity index is 514. The fourth-order valence-corrected chi connectivity index (χ4v) is 2.74. The van der Waals surface area contributed by atoms with Gasteiger partial charge in [0.15, 0.2) is 6.04 Å². The van der Waals surface area contributed by atoms with E-state index in [2.05, 4.69) is 19.2 Å². The number of rotatable bonds is 3. The van der Waals surface area contributed by atoms with Gasteiger partial charge in [-0.25, -0.2) is 9.59 Å². The maximum atomic E-state index is 12.3. The summed E-state index contributed by atoms with van der Waals surface area (Å²) in [5.41, 5.74) is 0.663. The molecule has 1 atom stereocenters. The second-order valence-corrected chi connectivity index (χ2v) is 6.32. The van der Waals surface area contributed by atoms with E-state index >= 15 is 0 Å². The van der Waals surface area contributed by atoms with Crippen molar-refractivity contribution in [2.24, 2.45) is 5.41 Å². The van der Waals surface area contributed by atoms with Crippen LogP contribution >= 0.6 is 0 Å². The summed E-state index contributed by atoms with van der Waals surface area (Å²) in [6, 6.07) is 7.45. The number of carbonyl (C=O) groups excluding carboxylic acids is 1. The van der Waals surface area contributed by atoms with Crippen molar-refractivity contribution in [1.29, 1.82) is 0 Å². The number of nitrogens with one attached hydrogen (secondary N) is 1. The van der Waals surface area contributed by atoms with Crippen LogP contribution in [0.25, 0.3) is 0 Å². The largest absolute Gasteiger partial charge is 0.479 e. The predicted octanol–water partition coefficient (Wildman–Crippen LogP) is 2.64. The summed E-state index contributed by atoms with van der Waals surface area (Å²) in [5.74, 6) is -1.05. The number of likely N-dealkylation sites (tertiary alicyclic amines) is 1. The third-order valence-electron chi connectivity index (χ3n) is 3.84. The molecule has 1 aliphatic heterocycles. The van der Waals surface area contributed by atoms with E-state index in [1.165, 1.54) is 0 Å². The number of hydrogen-bond donors (Lipinski definition) is 2. The minimum Gasteiger partial charge on any atom is -0.479 e. The van der Waals surface area contributed by atoms with Crippen LogP contribution in [0.5, 0.6) is 0 Å². The van der Waals surface area contributed by atoms with Crippen LogP contribution in [-0.2, 0) is 4.79 Å². The van der Waals surface area contributed by atoms with E-state index in [9.17, 15) is 14.7 Å². The molecule has 1 aliphatic rings. The zero-order valence-electron chi connectivity index (χ0n) is 12.5. The van der Waals surface area contributed by atoms with Crippen molar-refractivity contribution < 1.29 is 14.7 Å². The minimum atomic E-state index is -1.05. The van der Waals surface area contributed by atoms with E-state index in [1.807, 2.05) is 6.07 Å². The van der Waals surface area contributed by atoms with Crippen molar-refractivity contribution in [2.75, 3.05) is 13.1 Å². The number of nitrogens with zero attached hydrogens (tertiary/aromatic N) is 1. The fraction of sp³-hybridized carbons (Fsp3) is 0.500. The number of piperidine rings is 1. The van der Waals surface area contributed by atoms with E-state index in [4.69, 9.17) is 0 Å². The first-order valence-electron chi connectivity index (χ1n) is 7.22. The molecule has 5 nitrogen and oxygen atoms in total. The predicted molar refractivity (Wildman–Crippen MR) is 79.9 cm³/mol. The van der Waals surface area contributed by atoms with Gasteiger partial charge in [0.2, 0.25) is 0 Å². The smallest absolute Gasteiger partial charge is 0.330 e. The molecule has 0 radical (unpaired) electrons. The van der Waals surface area contributed by atoms with Gasteiger partial charge in [0.25, 0.3) is 0 Å². The standard InChI is InChI=1S/C16H22N2O3/c1-16(2)9-6-10-18(11-16)15(21)17-13(14(19)20)12-7-4-3-5-8-12/h3-5,7-8,13H,6,9-11H2,1-2H3,(H,17,21)(H,19,20)/t13-/m1/s1. The topological polar surface area (TPSA) is 69.6 Å². The summed E-state index contributed by atoms with van der Waals surface area (Å²) in [6.07, 6.45) is 2.03. The van der Waals surface area contributed by atoms with Crippen LogP contribution in [0.15, 0.2) is 30.3 Å². The van der Waals surface area contributed by atoms with Crippen molar-refractivity contribution >= 4 is 12.0 Å². The summed E-state index contributed by atoms with van der Waals surface area (Å²) in [6.45, 7) is 5.58. The Morgan fingerprint density at radius 3 is 2.52 bits per heavy atom. The number of amides is 2. The molecule has 1 heterocycles. The first-order valence-corrected chi connectivity index (χ1v) is 7.22. The number of aliphatic carboxylic acids is 1. The van der Waals surface area contributed by atoms with Gasteiger partial charge in [-0.3, -0.25) is 0 Å². The van der Waals surface area contributed by atoms with Gasteiger partial charge in [-0.05, 0) is 23.8 Å². The Kier molecular flexibility index (Phi) is 4.50. The molecule has 0 bridgehead atoms. The highest BCUT2D eigenvalue weighted by molar-refractivity contribution is 5.83. The highest BCUT2D eigenvalue weighted by Gasteiger charge is 2.31. The van der Waals surface area contributed by atoms with E-state index in [0.29, 0.717) is 18.7 Å². The van der Waals surface area contributed by atoms with Gasteiger partial charge in [-0.15, -0.1) is 0 Å². The maximum Gasteiger partial charge on any atom is 0.330 e. The lowest BCUT2D eigenvalue weighted by Crippen LogP contribution is -2.49. The van der Waals surface area contributed by atoms with Crippen LogP contribution in [0.1, 0.15) is 38.3 Å². The fourth-order valence-electron chi connectivity index (χ4n) is 2.74. The SMILES string of the molecule is CC1(C)CCCN(C(=O)N[C@@H](C(=O)O)c2ccccc2)C1. The normalized spacial score (nSPS) is 18.9. The zero-order chi connectivity index (χ0) is 15.5. The zero-order valence-corrected chi connectivity index (χ0v) is 12.5. The Morgan fingerprint density at radius 2 is 1.95 bits per heavy atom. The summed E-state index contributed by atoms with van der Waals surface area (Å²) >= 11 is 0. The average molecular weight is 290 g/mol. The molecule has 114 valence electrons. The van der Waals surface area contributed by atoms with Crippen molar-refractivity contribution in [2.45, 2.75) is 32.7 Å². The van der Waals surface area contributed by atoms with Crippen molar-refractivity contribution in [1.82, 2.24) is 10.2 Å². The molecule has 21 heavy (non-hydrogen) atoms. The van der Waals surface area contributed by atoms with Gasteiger partial charge < -0.3 is 15.3 Å². The third-order valence-corrected chi connectivity index (χ3v) is 3.84. The van der Waals surface area contributed by atoms with Crippen molar-refractivity contribution in [3.05, 3.63) is 35.9 Å². The molecule has 1 aromatic rings. The quantitative estimate of drug-likeness (QED) is 0.899. The van der Waals surface area contributed by atoms with Gasteiger partial charge >= 0.3 is 12.0 Å². The molecule has 5 heteroatoms. The number of urea groups is 1. The van der Waals surface area contributed by atoms with E-state index < -0.39 is 12.0 Å². The van der Waals surface area contributed by atoms with Crippen molar-refractivity contribution in [3.8, 4) is 0 Å². The summed E-state index contributed by atoms with van der Waals surface area (Å²) < 4.78 is 0. The molecule has 2 N–H and O–H groups in total. The summed E-state index contributed by atoms with van der Waals surface area (Å²) in [4.78, 5) is 25.4. The maximum absolute atomic E-state index is 12.3. The van der Waals surface area contributed by atoms with Crippen LogP contribution in [0, 0.1) is 5.41 Å². The average Bonchev–Trinajstić information content (AvgIpc) is 2.44. The van der Waals surface area contributed by atoms with Crippen molar-refractivity contribution in [3.63, 3.8) is 0 Å². The first-order chi connectivity index (χ1) is 9.89. The number of carboxylic acid groups (broad SMARTS) is 1. The number of hydrogen-bond acceptors (Lipinski definition) is 2. The molecule has 2 rings (SSSR count). The van der Waals surface area contributed by atoms with E-state index in [-0.39, 0.29) is 11.4 Å².